The Hall–Kier alpha value is -1.51. The summed E-state index contributed by atoms with van der Waals surface area (Å²) in [4.78, 5) is 0. The van der Waals surface area contributed by atoms with Crippen LogP contribution in [0.5, 0.6) is 5.75 Å². The summed E-state index contributed by atoms with van der Waals surface area (Å²) >= 11 is 6.27. The van der Waals surface area contributed by atoms with Crippen LogP contribution in [0.4, 0.5) is 0 Å². The molecule has 0 heterocycles. The van der Waals surface area contributed by atoms with E-state index in [2.05, 4.69) is 50.4 Å². The Bertz CT molecular complexity index is 625. The molecule has 0 aliphatic heterocycles. The molecule has 0 amide bonds. The van der Waals surface area contributed by atoms with Gasteiger partial charge >= 0.3 is 0 Å². The van der Waals surface area contributed by atoms with Gasteiger partial charge in [-0.2, -0.15) is 0 Å². The highest BCUT2D eigenvalue weighted by atomic mass is 35.5. The van der Waals surface area contributed by atoms with E-state index in [1.54, 1.807) is 7.11 Å². The van der Waals surface area contributed by atoms with Crippen LogP contribution in [0.2, 0.25) is 5.02 Å². The van der Waals surface area contributed by atoms with Crippen molar-refractivity contribution in [1.82, 2.24) is 5.32 Å². The third-order valence-corrected chi connectivity index (χ3v) is 3.95. The highest BCUT2D eigenvalue weighted by Gasteiger charge is 2.16. The highest BCUT2D eigenvalue weighted by Crippen LogP contribution is 2.31. The standard InChI is InChI=1S/C18H22ClNO/c1-5-20-18(15-8-6-12(2)10-13(15)3)14-7-9-17(21-4)16(19)11-14/h6-11,18,20H,5H2,1-4H3. The topological polar surface area (TPSA) is 21.3 Å². The lowest BCUT2D eigenvalue weighted by molar-refractivity contribution is 0.414. The molecule has 1 N–H and O–H groups in total. The molecular weight excluding hydrogens is 282 g/mol. The van der Waals surface area contributed by atoms with Gasteiger partial charge < -0.3 is 10.1 Å². The first-order chi connectivity index (χ1) is 10.1. The summed E-state index contributed by atoms with van der Waals surface area (Å²) < 4.78 is 5.23. The van der Waals surface area contributed by atoms with E-state index in [-0.39, 0.29) is 6.04 Å². The van der Waals surface area contributed by atoms with Gasteiger partial charge in [-0.3, -0.25) is 0 Å². The number of rotatable bonds is 5. The van der Waals surface area contributed by atoms with E-state index in [1.807, 2.05) is 12.1 Å². The predicted molar refractivity (Wildman–Crippen MR) is 89.4 cm³/mol. The zero-order valence-corrected chi connectivity index (χ0v) is 13.8. The summed E-state index contributed by atoms with van der Waals surface area (Å²) in [5, 5.41) is 4.18. The van der Waals surface area contributed by atoms with Crippen molar-refractivity contribution in [3.8, 4) is 5.75 Å². The molecule has 0 spiro atoms. The molecule has 2 nitrogen and oxygen atoms in total. The molecule has 1 unspecified atom stereocenters. The van der Waals surface area contributed by atoms with Gasteiger partial charge in [0.05, 0.1) is 18.2 Å². The lowest BCUT2D eigenvalue weighted by Gasteiger charge is -2.22. The summed E-state index contributed by atoms with van der Waals surface area (Å²) in [6.07, 6.45) is 0. The number of benzene rings is 2. The first kappa shape index (κ1) is 15.9. The minimum atomic E-state index is 0.138. The van der Waals surface area contributed by atoms with E-state index in [4.69, 9.17) is 16.3 Å². The minimum absolute atomic E-state index is 0.138. The van der Waals surface area contributed by atoms with Crippen molar-refractivity contribution in [3.05, 3.63) is 63.7 Å². The third-order valence-electron chi connectivity index (χ3n) is 3.65. The van der Waals surface area contributed by atoms with E-state index in [1.165, 1.54) is 16.7 Å². The molecule has 0 radical (unpaired) electrons. The molecule has 2 aromatic carbocycles. The molecule has 112 valence electrons. The second-order valence-corrected chi connectivity index (χ2v) is 5.65. The summed E-state index contributed by atoms with van der Waals surface area (Å²) in [6.45, 7) is 7.27. The van der Waals surface area contributed by atoms with Crippen LogP contribution in [0, 0.1) is 13.8 Å². The van der Waals surface area contributed by atoms with Crippen LogP contribution in [0.25, 0.3) is 0 Å². The van der Waals surface area contributed by atoms with Crippen molar-refractivity contribution in [2.75, 3.05) is 13.7 Å². The molecule has 0 fully saturated rings. The third kappa shape index (κ3) is 3.58. The van der Waals surface area contributed by atoms with Crippen molar-refractivity contribution >= 4 is 11.6 Å². The number of hydrogen-bond acceptors (Lipinski definition) is 2. The van der Waals surface area contributed by atoms with Crippen LogP contribution in [0.3, 0.4) is 0 Å². The predicted octanol–water partition coefficient (Wildman–Crippen LogP) is 4.66. The maximum atomic E-state index is 6.27. The number of methoxy groups -OCH3 is 1. The lowest BCUT2D eigenvalue weighted by Crippen LogP contribution is -2.22. The Morgan fingerprint density at radius 3 is 2.48 bits per heavy atom. The van der Waals surface area contributed by atoms with E-state index in [0.29, 0.717) is 10.8 Å². The Balaban J connectivity index is 2.45. The smallest absolute Gasteiger partial charge is 0.137 e. The van der Waals surface area contributed by atoms with Crippen molar-refractivity contribution in [1.29, 1.82) is 0 Å². The molecule has 2 rings (SSSR count). The molecule has 0 saturated carbocycles. The van der Waals surface area contributed by atoms with Crippen molar-refractivity contribution in [3.63, 3.8) is 0 Å². The van der Waals surface area contributed by atoms with Gasteiger partial charge in [-0.15, -0.1) is 0 Å². The Labute approximate surface area is 132 Å². The number of nitrogens with one attached hydrogen (secondary N) is 1. The Morgan fingerprint density at radius 1 is 1.14 bits per heavy atom. The van der Waals surface area contributed by atoms with Crippen LogP contribution in [-0.2, 0) is 0 Å². The lowest BCUT2D eigenvalue weighted by atomic mass is 9.93. The van der Waals surface area contributed by atoms with Crippen LogP contribution >= 0.6 is 11.6 Å². The average Bonchev–Trinajstić information content (AvgIpc) is 2.45. The zero-order valence-electron chi connectivity index (χ0n) is 13.0. The number of ether oxygens (including phenoxy) is 1. The molecule has 0 aliphatic rings. The first-order valence-corrected chi connectivity index (χ1v) is 7.58. The maximum absolute atomic E-state index is 6.27. The number of halogens is 1. The van der Waals surface area contributed by atoms with Crippen molar-refractivity contribution in [2.24, 2.45) is 0 Å². The average molecular weight is 304 g/mol. The maximum Gasteiger partial charge on any atom is 0.137 e. The van der Waals surface area contributed by atoms with Gasteiger partial charge in [-0.1, -0.05) is 48.4 Å². The summed E-state index contributed by atoms with van der Waals surface area (Å²) in [5.74, 6) is 0.705. The van der Waals surface area contributed by atoms with E-state index in [9.17, 15) is 0 Å². The monoisotopic (exact) mass is 303 g/mol. The van der Waals surface area contributed by atoms with Crippen molar-refractivity contribution < 1.29 is 4.74 Å². The van der Waals surface area contributed by atoms with Crippen LogP contribution < -0.4 is 10.1 Å². The fourth-order valence-corrected chi connectivity index (χ4v) is 2.89. The summed E-state index contributed by atoms with van der Waals surface area (Å²) in [6, 6.07) is 12.7. The van der Waals surface area contributed by atoms with E-state index < -0.39 is 0 Å². The molecule has 0 aromatic heterocycles. The molecule has 2 aromatic rings. The highest BCUT2D eigenvalue weighted by molar-refractivity contribution is 6.32. The Kier molecular flexibility index (Phi) is 5.27. The second-order valence-electron chi connectivity index (χ2n) is 5.24. The molecule has 0 aliphatic carbocycles. The fourth-order valence-electron chi connectivity index (χ4n) is 2.62. The van der Waals surface area contributed by atoms with E-state index >= 15 is 0 Å². The van der Waals surface area contributed by atoms with Gasteiger partial charge in [0, 0.05) is 0 Å². The van der Waals surface area contributed by atoms with Gasteiger partial charge in [0.2, 0.25) is 0 Å². The second kappa shape index (κ2) is 6.97. The number of aryl methyl sites for hydroxylation is 2. The Morgan fingerprint density at radius 2 is 1.90 bits per heavy atom. The van der Waals surface area contributed by atoms with Gasteiger partial charge in [0.15, 0.2) is 0 Å². The molecule has 0 saturated heterocycles. The van der Waals surface area contributed by atoms with Crippen molar-refractivity contribution in [2.45, 2.75) is 26.8 Å². The molecule has 21 heavy (non-hydrogen) atoms. The molecule has 1 atom stereocenters. The van der Waals surface area contributed by atoms with Gasteiger partial charge in [0.1, 0.15) is 5.75 Å². The van der Waals surface area contributed by atoms with Gasteiger partial charge in [-0.05, 0) is 49.2 Å². The van der Waals surface area contributed by atoms with Crippen LogP contribution in [0.1, 0.15) is 35.2 Å². The van der Waals surface area contributed by atoms with Gasteiger partial charge in [-0.25, -0.2) is 0 Å². The largest absolute Gasteiger partial charge is 0.495 e. The molecule has 3 heteroatoms. The minimum Gasteiger partial charge on any atom is -0.495 e. The molecular formula is C18H22ClNO. The SMILES string of the molecule is CCNC(c1ccc(OC)c(Cl)c1)c1ccc(C)cc1C. The van der Waals surface area contributed by atoms with Gasteiger partial charge in [0.25, 0.3) is 0 Å². The summed E-state index contributed by atoms with van der Waals surface area (Å²) in [7, 11) is 1.63. The molecule has 0 bridgehead atoms. The number of hydrogen-bond donors (Lipinski definition) is 1. The first-order valence-electron chi connectivity index (χ1n) is 7.20. The van der Waals surface area contributed by atoms with E-state index in [0.717, 1.165) is 12.1 Å². The fraction of sp³-hybridized carbons (Fsp3) is 0.333. The normalized spacial score (nSPS) is 12.2. The zero-order chi connectivity index (χ0) is 15.4. The summed E-state index contributed by atoms with van der Waals surface area (Å²) in [5.41, 5.74) is 4.99. The van der Waals surface area contributed by atoms with Crippen LogP contribution in [-0.4, -0.2) is 13.7 Å². The van der Waals surface area contributed by atoms with Crippen LogP contribution in [0.15, 0.2) is 36.4 Å². The quantitative estimate of drug-likeness (QED) is 0.867.